The molecule has 3 heteroatoms. The maximum absolute atomic E-state index is 9.33. The fourth-order valence-corrected chi connectivity index (χ4v) is 2.01. The molecule has 0 saturated carbocycles. The van der Waals surface area contributed by atoms with Gasteiger partial charge in [-0.3, -0.25) is 9.98 Å². The predicted molar refractivity (Wildman–Crippen MR) is 87.3 cm³/mol. The maximum atomic E-state index is 9.33. The van der Waals surface area contributed by atoms with Crippen LogP contribution in [0.1, 0.15) is 16.7 Å². The van der Waals surface area contributed by atoms with Crippen molar-refractivity contribution >= 4 is 11.4 Å². The Hall–Kier alpha value is -2.16. The first-order chi connectivity index (χ1) is 9.49. The third-order valence-electron chi connectivity index (χ3n) is 3.00. The zero-order chi connectivity index (χ0) is 15.1. The SMILES string of the molecule is CN=C1C=CC=CC1=NC.Cc1cc(C)c(O)c(C)c1. The fourth-order valence-electron chi connectivity index (χ4n) is 2.01. The Balaban J connectivity index is 0.000000200. The summed E-state index contributed by atoms with van der Waals surface area (Å²) in [4.78, 5) is 8.10. The average molecular weight is 270 g/mol. The van der Waals surface area contributed by atoms with E-state index < -0.39 is 0 Å². The van der Waals surface area contributed by atoms with Crippen LogP contribution in [0.2, 0.25) is 0 Å². The smallest absolute Gasteiger partial charge is 0.121 e. The van der Waals surface area contributed by atoms with Crippen LogP contribution in [-0.4, -0.2) is 30.6 Å². The summed E-state index contributed by atoms with van der Waals surface area (Å²) in [6, 6.07) is 3.95. The molecule has 1 aliphatic carbocycles. The van der Waals surface area contributed by atoms with Crippen molar-refractivity contribution in [3.05, 3.63) is 53.1 Å². The number of allylic oxidation sites excluding steroid dienone is 4. The molecule has 0 heterocycles. The lowest BCUT2D eigenvalue weighted by Gasteiger charge is -2.03. The molecule has 106 valence electrons. The van der Waals surface area contributed by atoms with Crippen molar-refractivity contribution in [3.8, 4) is 5.75 Å². The van der Waals surface area contributed by atoms with Crippen molar-refractivity contribution in [2.45, 2.75) is 20.8 Å². The van der Waals surface area contributed by atoms with E-state index in [0.717, 1.165) is 22.6 Å². The van der Waals surface area contributed by atoms with Gasteiger partial charge in [-0.15, -0.1) is 0 Å². The van der Waals surface area contributed by atoms with E-state index in [0.29, 0.717) is 5.75 Å². The molecule has 3 nitrogen and oxygen atoms in total. The van der Waals surface area contributed by atoms with Crippen LogP contribution in [-0.2, 0) is 0 Å². The van der Waals surface area contributed by atoms with Gasteiger partial charge in [0.25, 0.3) is 0 Å². The summed E-state index contributed by atoms with van der Waals surface area (Å²) < 4.78 is 0. The summed E-state index contributed by atoms with van der Waals surface area (Å²) >= 11 is 0. The van der Waals surface area contributed by atoms with Gasteiger partial charge in [0, 0.05) is 14.1 Å². The van der Waals surface area contributed by atoms with Gasteiger partial charge in [0.1, 0.15) is 5.75 Å². The maximum Gasteiger partial charge on any atom is 0.121 e. The Morgan fingerprint density at radius 3 is 1.55 bits per heavy atom. The highest BCUT2D eigenvalue weighted by Gasteiger charge is 2.01. The average Bonchev–Trinajstić information content (AvgIpc) is 2.45. The van der Waals surface area contributed by atoms with Gasteiger partial charge in [0.15, 0.2) is 0 Å². The molecule has 0 fully saturated rings. The monoisotopic (exact) mass is 270 g/mol. The van der Waals surface area contributed by atoms with E-state index in [9.17, 15) is 5.11 Å². The van der Waals surface area contributed by atoms with E-state index in [-0.39, 0.29) is 0 Å². The molecule has 0 radical (unpaired) electrons. The van der Waals surface area contributed by atoms with Gasteiger partial charge >= 0.3 is 0 Å². The van der Waals surface area contributed by atoms with Gasteiger partial charge in [0.2, 0.25) is 0 Å². The molecule has 0 bridgehead atoms. The second-order valence-corrected chi connectivity index (χ2v) is 4.68. The van der Waals surface area contributed by atoms with Gasteiger partial charge in [-0.05, 0) is 44.1 Å². The highest BCUT2D eigenvalue weighted by molar-refractivity contribution is 6.51. The number of phenols is 1. The predicted octanol–water partition coefficient (Wildman–Crippen LogP) is 3.57. The summed E-state index contributed by atoms with van der Waals surface area (Å²) in [6.45, 7) is 5.85. The molecule has 0 spiro atoms. The van der Waals surface area contributed by atoms with Gasteiger partial charge in [-0.25, -0.2) is 0 Å². The molecule has 0 amide bonds. The van der Waals surface area contributed by atoms with Gasteiger partial charge in [-0.1, -0.05) is 29.8 Å². The number of nitrogens with zero attached hydrogens (tertiary/aromatic N) is 2. The first-order valence-corrected chi connectivity index (χ1v) is 6.55. The van der Waals surface area contributed by atoms with Crippen molar-refractivity contribution < 1.29 is 5.11 Å². The molecule has 0 aliphatic heterocycles. The van der Waals surface area contributed by atoms with Crippen LogP contribution in [0.3, 0.4) is 0 Å². The molecular formula is C17H22N2O. The number of aromatic hydroxyl groups is 1. The molecule has 0 atom stereocenters. The largest absolute Gasteiger partial charge is 0.507 e. The molecule has 1 aliphatic rings. The second-order valence-electron chi connectivity index (χ2n) is 4.68. The Labute approximate surface area is 121 Å². The van der Waals surface area contributed by atoms with Crippen LogP contribution in [0.25, 0.3) is 0 Å². The lowest BCUT2D eigenvalue weighted by molar-refractivity contribution is 0.466. The van der Waals surface area contributed by atoms with Crippen molar-refractivity contribution in [2.24, 2.45) is 9.98 Å². The fraction of sp³-hybridized carbons (Fsp3) is 0.294. The minimum atomic E-state index is 0.422. The first kappa shape index (κ1) is 15.9. The molecule has 1 aromatic rings. The Kier molecular flexibility index (Phi) is 5.91. The lowest BCUT2D eigenvalue weighted by atomic mass is 10.1. The number of aliphatic imine (C=N–C) groups is 2. The van der Waals surface area contributed by atoms with Crippen molar-refractivity contribution in [3.63, 3.8) is 0 Å². The normalized spacial score (nSPS) is 17.2. The van der Waals surface area contributed by atoms with E-state index in [1.165, 1.54) is 5.56 Å². The number of hydrogen-bond donors (Lipinski definition) is 1. The number of benzene rings is 1. The minimum Gasteiger partial charge on any atom is -0.507 e. The van der Waals surface area contributed by atoms with Crippen LogP contribution >= 0.6 is 0 Å². The number of phenolic OH excluding ortho intramolecular Hbond substituents is 1. The first-order valence-electron chi connectivity index (χ1n) is 6.55. The van der Waals surface area contributed by atoms with Crippen LogP contribution in [0.4, 0.5) is 0 Å². The molecule has 1 aromatic carbocycles. The molecule has 2 rings (SSSR count). The van der Waals surface area contributed by atoms with Crippen molar-refractivity contribution in [1.29, 1.82) is 0 Å². The molecule has 0 saturated heterocycles. The van der Waals surface area contributed by atoms with E-state index in [4.69, 9.17) is 0 Å². The molecule has 20 heavy (non-hydrogen) atoms. The highest BCUT2D eigenvalue weighted by Crippen LogP contribution is 2.21. The topological polar surface area (TPSA) is 45.0 Å². The third kappa shape index (κ3) is 4.19. The Morgan fingerprint density at radius 1 is 0.800 bits per heavy atom. The van der Waals surface area contributed by atoms with E-state index in [2.05, 4.69) is 9.98 Å². The van der Waals surface area contributed by atoms with Crippen molar-refractivity contribution in [2.75, 3.05) is 14.1 Å². The van der Waals surface area contributed by atoms with Crippen LogP contribution in [0.5, 0.6) is 5.75 Å². The van der Waals surface area contributed by atoms with Gasteiger partial charge < -0.3 is 5.11 Å². The van der Waals surface area contributed by atoms with Gasteiger partial charge in [-0.2, -0.15) is 0 Å². The molecule has 0 unspecified atom stereocenters. The minimum absolute atomic E-state index is 0.422. The highest BCUT2D eigenvalue weighted by atomic mass is 16.3. The third-order valence-corrected chi connectivity index (χ3v) is 3.00. The molecular weight excluding hydrogens is 248 g/mol. The number of hydrogen-bond acceptors (Lipinski definition) is 3. The van der Waals surface area contributed by atoms with Crippen LogP contribution in [0, 0.1) is 20.8 Å². The number of rotatable bonds is 0. The zero-order valence-corrected chi connectivity index (χ0v) is 12.8. The van der Waals surface area contributed by atoms with Crippen molar-refractivity contribution in [1.82, 2.24) is 0 Å². The van der Waals surface area contributed by atoms with Crippen LogP contribution in [0.15, 0.2) is 46.4 Å². The summed E-state index contributed by atoms with van der Waals surface area (Å²) in [6.07, 6.45) is 7.80. The lowest BCUT2D eigenvalue weighted by Crippen LogP contribution is -2.10. The van der Waals surface area contributed by atoms with E-state index >= 15 is 0 Å². The summed E-state index contributed by atoms with van der Waals surface area (Å²) in [5, 5.41) is 9.33. The van der Waals surface area contributed by atoms with E-state index in [1.54, 1.807) is 14.1 Å². The zero-order valence-electron chi connectivity index (χ0n) is 12.8. The quantitative estimate of drug-likeness (QED) is 0.720. The molecule has 1 N–H and O–H groups in total. The summed E-state index contributed by atoms with van der Waals surface area (Å²) in [5.41, 5.74) is 5.01. The van der Waals surface area contributed by atoms with E-state index in [1.807, 2.05) is 57.2 Å². The van der Waals surface area contributed by atoms with Crippen LogP contribution < -0.4 is 0 Å². The molecule has 0 aromatic heterocycles. The Bertz CT molecular complexity index is 544. The number of aryl methyl sites for hydroxylation is 3. The standard InChI is InChI=1S/C9H12O.C8H10N2/c1-6-4-7(2)9(10)8(3)5-6;1-9-7-5-3-4-6-8(7)10-2/h4-5,10H,1-3H3;3-6H,1-2H3. The summed E-state index contributed by atoms with van der Waals surface area (Å²) in [5.74, 6) is 0.422. The summed E-state index contributed by atoms with van der Waals surface area (Å²) in [7, 11) is 3.54. The van der Waals surface area contributed by atoms with Gasteiger partial charge in [0.05, 0.1) is 11.4 Å². The Morgan fingerprint density at radius 2 is 1.20 bits per heavy atom. The second kappa shape index (κ2) is 7.43.